The van der Waals surface area contributed by atoms with Crippen molar-refractivity contribution >= 4 is 43.6 Å². The molecule has 7 aromatic rings. The molecule has 0 amide bonds. The average molecular weight is 441 g/mol. The van der Waals surface area contributed by atoms with Gasteiger partial charge in [-0.05, 0) is 48.0 Å². The summed E-state index contributed by atoms with van der Waals surface area (Å²) in [6, 6.07) is 29.6. The largest absolute Gasteiger partial charge is 0.408 e. The quantitative estimate of drug-likeness (QED) is 0.322. The second kappa shape index (κ2) is 7.46. The first-order valence-corrected chi connectivity index (χ1v) is 11.3. The van der Waals surface area contributed by atoms with Crippen LogP contribution in [0.3, 0.4) is 0 Å². The Morgan fingerprint density at radius 3 is 2.03 bits per heavy atom. The van der Waals surface area contributed by atoms with Gasteiger partial charge >= 0.3 is 0 Å². The fraction of sp³-hybridized carbons (Fsp3) is 0.0345. The van der Waals surface area contributed by atoms with Crippen LogP contribution in [0.4, 0.5) is 0 Å². The van der Waals surface area contributed by atoms with Crippen molar-refractivity contribution in [2.24, 2.45) is 0 Å². The second-order valence-corrected chi connectivity index (χ2v) is 8.39. The van der Waals surface area contributed by atoms with Gasteiger partial charge in [0.1, 0.15) is 6.61 Å². The molecule has 0 saturated carbocycles. The number of benzene rings is 3. The van der Waals surface area contributed by atoms with Crippen LogP contribution in [0.15, 0.2) is 110 Å². The monoisotopic (exact) mass is 440 g/mol. The second-order valence-electron chi connectivity index (χ2n) is 8.39. The zero-order valence-electron chi connectivity index (χ0n) is 18.3. The standard InChI is InChI=1S/C29H20N4O/c1-2-6-21(7-3-1)32-26-9-5-4-8-22(26)23-16-20(10-11-27(23)32)19-34-33-28-12-14-30-17-24(28)25-18-31-15-13-29(25)33/h1-18H,19H2. The molecule has 0 saturated heterocycles. The summed E-state index contributed by atoms with van der Waals surface area (Å²) >= 11 is 0. The Kier molecular flexibility index (Phi) is 4.14. The van der Waals surface area contributed by atoms with E-state index in [9.17, 15) is 0 Å². The van der Waals surface area contributed by atoms with Gasteiger partial charge in [0.05, 0.1) is 22.1 Å². The van der Waals surface area contributed by atoms with Gasteiger partial charge in [-0.3, -0.25) is 9.97 Å². The predicted octanol–water partition coefficient (Wildman–Crippen LogP) is 6.31. The number of fused-ring (bicyclic) bond motifs is 6. The minimum Gasteiger partial charge on any atom is -0.408 e. The Balaban J connectivity index is 1.34. The van der Waals surface area contributed by atoms with E-state index in [-0.39, 0.29) is 0 Å². The molecule has 7 rings (SSSR count). The van der Waals surface area contributed by atoms with Crippen molar-refractivity contribution in [3.8, 4) is 5.69 Å². The van der Waals surface area contributed by atoms with Crippen molar-refractivity contribution in [3.05, 3.63) is 115 Å². The Morgan fingerprint density at radius 2 is 1.26 bits per heavy atom. The zero-order chi connectivity index (χ0) is 22.5. The van der Waals surface area contributed by atoms with Crippen LogP contribution in [0.2, 0.25) is 0 Å². The Hall–Kier alpha value is -4.64. The van der Waals surface area contributed by atoms with E-state index in [1.54, 1.807) is 12.4 Å². The maximum absolute atomic E-state index is 6.37. The van der Waals surface area contributed by atoms with Crippen LogP contribution in [0, 0.1) is 0 Å². The molecule has 0 aliphatic carbocycles. The van der Waals surface area contributed by atoms with Crippen molar-refractivity contribution in [1.82, 2.24) is 19.3 Å². The number of nitrogens with zero attached hydrogens (tertiary/aromatic N) is 4. The molecule has 4 heterocycles. The van der Waals surface area contributed by atoms with Gasteiger partial charge in [0.25, 0.3) is 0 Å². The molecule has 4 aromatic heterocycles. The average Bonchev–Trinajstić information content (AvgIpc) is 3.40. The highest BCUT2D eigenvalue weighted by Crippen LogP contribution is 2.33. The summed E-state index contributed by atoms with van der Waals surface area (Å²) in [7, 11) is 0. The first-order chi connectivity index (χ1) is 16.9. The molecule has 0 spiro atoms. The summed E-state index contributed by atoms with van der Waals surface area (Å²) in [6.07, 6.45) is 7.31. The summed E-state index contributed by atoms with van der Waals surface area (Å²) in [5, 5.41) is 4.52. The zero-order valence-corrected chi connectivity index (χ0v) is 18.3. The topological polar surface area (TPSA) is 44.9 Å². The van der Waals surface area contributed by atoms with Gasteiger partial charge in [0.15, 0.2) is 0 Å². The Morgan fingerprint density at radius 1 is 0.588 bits per heavy atom. The van der Waals surface area contributed by atoms with E-state index < -0.39 is 0 Å². The fourth-order valence-electron chi connectivity index (χ4n) is 4.92. The van der Waals surface area contributed by atoms with Crippen LogP contribution < -0.4 is 4.84 Å². The molecule has 0 aliphatic rings. The molecule has 0 N–H and O–H groups in total. The van der Waals surface area contributed by atoms with Crippen LogP contribution in [0.25, 0.3) is 49.3 Å². The highest BCUT2D eigenvalue weighted by Gasteiger charge is 2.14. The lowest BCUT2D eigenvalue weighted by atomic mass is 10.1. The van der Waals surface area contributed by atoms with Crippen molar-refractivity contribution in [1.29, 1.82) is 0 Å². The van der Waals surface area contributed by atoms with Crippen molar-refractivity contribution in [3.63, 3.8) is 0 Å². The third-order valence-electron chi connectivity index (χ3n) is 6.44. The van der Waals surface area contributed by atoms with E-state index in [1.165, 1.54) is 21.8 Å². The van der Waals surface area contributed by atoms with E-state index in [0.29, 0.717) is 6.61 Å². The molecule has 5 nitrogen and oxygen atoms in total. The molecular weight excluding hydrogens is 420 g/mol. The smallest absolute Gasteiger partial charge is 0.140 e. The van der Waals surface area contributed by atoms with Crippen molar-refractivity contribution in [2.75, 3.05) is 0 Å². The summed E-state index contributed by atoms with van der Waals surface area (Å²) in [6.45, 7) is 0.449. The molecule has 0 aliphatic heterocycles. The van der Waals surface area contributed by atoms with Crippen LogP contribution >= 0.6 is 0 Å². The van der Waals surface area contributed by atoms with E-state index in [0.717, 1.165) is 33.1 Å². The molecule has 0 unspecified atom stereocenters. The van der Waals surface area contributed by atoms with Crippen molar-refractivity contribution < 1.29 is 4.84 Å². The number of hydrogen-bond donors (Lipinski definition) is 0. The third-order valence-corrected chi connectivity index (χ3v) is 6.44. The lowest BCUT2D eigenvalue weighted by Gasteiger charge is -2.11. The molecule has 0 radical (unpaired) electrons. The molecule has 5 heteroatoms. The number of aromatic nitrogens is 4. The SMILES string of the molecule is c1ccc(-n2c3ccccc3c3cc(COn4c5ccncc5c5cnccc54)ccc32)cc1. The number of para-hydroxylation sites is 2. The van der Waals surface area contributed by atoms with Gasteiger partial charge in [-0.25, -0.2) is 0 Å². The summed E-state index contributed by atoms with van der Waals surface area (Å²) in [5.74, 6) is 0. The third kappa shape index (κ3) is 2.80. The number of pyridine rings is 2. The molecule has 34 heavy (non-hydrogen) atoms. The molecule has 0 bridgehead atoms. The van der Waals surface area contributed by atoms with E-state index in [1.807, 2.05) is 35.3 Å². The van der Waals surface area contributed by atoms with Crippen LogP contribution in [0.1, 0.15) is 5.56 Å². The molecule has 0 fully saturated rings. The van der Waals surface area contributed by atoms with Gasteiger partial charge in [0.2, 0.25) is 0 Å². The van der Waals surface area contributed by atoms with Gasteiger partial charge < -0.3 is 9.40 Å². The fourth-order valence-corrected chi connectivity index (χ4v) is 4.92. The van der Waals surface area contributed by atoms with Gasteiger partial charge in [-0.2, -0.15) is 4.73 Å². The minimum atomic E-state index is 0.449. The first kappa shape index (κ1) is 18.9. The number of rotatable bonds is 4. The van der Waals surface area contributed by atoms with Gasteiger partial charge in [0, 0.05) is 52.0 Å². The molecular formula is C29H20N4O. The number of hydrogen-bond acceptors (Lipinski definition) is 3. The van der Waals surface area contributed by atoms with Crippen molar-refractivity contribution in [2.45, 2.75) is 6.61 Å². The van der Waals surface area contributed by atoms with Crippen LogP contribution in [-0.4, -0.2) is 19.3 Å². The van der Waals surface area contributed by atoms with Gasteiger partial charge in [-0.1, -0.05) is 42.5 Å². The molecule has 3 aromatic carbocycles. The van der Waals surface area contributed by atoms with Gasteiger partial charge in [-0.15, -0.1) is 0 Å². The predicted molar refractivity (Wildman–Crippen MR) is 136 cm³/mol. The Bertz CT molecular complexity index is 1760. The van der Waals surface area contributed by atoms with E-state index in [2.05, 4.69) is 81.3 Å². The lowest BCUT2D eigenvalue weighted by molar-refractivity contribution is 0.117. The summed E-state index contributed by atoms with van der Waals surface area (Å²) in [5.41, 5.74) is 6.63. The summed E-state index contributed by atoms with van der Waals surface area (Å²) in [4.78, 5) is 14.9. The highest BCUT2D eigenvalue weighted by atomic mass is 16.7. The maximum Gasteiger partial charge on any atom is 0.140 e. The highest BCUT2D eigenvalue weighted by molar-refractivity contribution is 6.09. The summed E-state index contributed by atoms with van der Waals surface area (Å²) < 4.78 is 4.22. The molecule has 0 atom stereocenters. The Labute approximate surface area is 195 Å². The normalized spacial score (nSPS) is 11.6. The minimum absolute atomic E-state index is 0.449. The maximum atomic E-state index is 6.37. The van der Waals surface area contributed by atoms with Crippen LogP contribution in [-0.2, 0) is 6.61 Å². The lowest BCUT2D eigenvalue weighted by Crippen LogP contribution is -2.10. The first-order valence-electron chi connectivity index (χ1n) is 11.3. The van der Waals surface area contributed by atoms with Crippen LogP contribution in [0.5, 0.6) is 0 Å². The molecule has 162 valence electrons. The van der Waals surface area contributed by atoms with E-state index in [4.69, 9.17) is 4.84 Å². The van der Waals surface area contributed by atoms with E-state index >= 15 is 0 Å².